The van der Waals surface area contributed by atoms with Crippen LogP contribution >= 0.6 is 0 Å². The molecule has 6 aliphatic rings. The van der Waals surface area contributed by atoms with E-state index < -0.39 is 96.1 Å². The lowest BCUT2D eigenvalue weighted by Gasteiger charge is -2.43. The molecule has 3 amide bonds. The normalized spacial score (nSPS) is 26.7. The van der Waals surface area contributed by atoms with E-state index in [1.54, 1.807) is 60.5 Å². The molecule has 8 N–H and O–H groups in total. The zero-order valence-corrected chi connectivity index (χ0v) is 82.5. The average Bonchev–Trinajstić information content (AvgIpc) is 1.65. The lowest BCUT2D eigenvalue weighted by atomic mass is 9.78. The second-order valence-corrected chi connectivity index (χ2v) is 37.5. The number of amides is 3. The zero-order valence-electron chi connectivity index (χ0n) is 82.5. The number of fused-ring (bicyclic) bond motifs is 6. The molecule has 3 saturated heterocycles. The van der Waals surface area contributed by atoms with Crippen LogP contribution in [0.1, 0.15) is 184 Å². The highest BCUT2D eigenvalue weighted by molar-refractivity contribution is 6.39. The number of carbonyl (C=O) groups is 7. The second kappa shape index (κ2) is 52.0. The Balaban J connectivity index is 0.000000300. The molecule has 0 radical (unpaired) electrons. The van der Waals surface area contributed by atoms with Crippen molar-refractivity contribution in [2.24, 2.45) is 35.5 Å². The van der Waals surface area contributed by atoms with Crippen LogP contribution in [0.5, 0.6) is 0 Å². The fourth-order valence-electron chi connectivity index (χ4n) is 19.1. The fraction of sp³-hybridized carbons (Fsp3) is 0.598. The summed E-state index contributed by atoms with van der Waals surface area (Å²) >= 11 is 0. The van der Waals surface area contributed by atoms with Crippen molar-refractivity contribution in [2.45, 2.75) is 238 Å². The first-order valence-corrected chi connectivity index (χ1v) is 49.0. The molecule has 2 aromatic carbocycles. The molecule has 0 unspecified atom stereocenters. The van der Waals surface area contributed by atoms with Crippen LogP contribution in [0.25, 0.3) is 33.4 Å². The summed E-state index contributed by atoms with van der Waals surface area (Å²) in [6.45, 7) is 23.5. The van der Waals surface area contributed by atoms with Gasteiger partial charge in [-0.3, -0.25) is 28.8 Å². The number of carbonyl (C=O) groups excluding carboxylic acids is 7. The topological polar surface area (TPSA) is 471 Å². The Morgan fingerprint density at radius 3 is 2.08 bits per heavy atom. The summed E-state index contributed by atoms with van der Waals surface area (Å²) in [7, 11) is 6.11. The number of cyclic esters (lactones) is 1. The number of ketones is 2. The molecule has 5 aliphatic heterocycles. The second-order valence-electron chi connectivity index (χ2n) is 37.5. The lowest BCUT2D eigenvalue weighted by molar-refractivity contribution is -0.265. The van der Waals surface area contributed by atoms with Crippen molar-refractivity contribution in [2.75, 3.05) is 142 Å². The third-order valence-corrected chi connectivity index (χ3v) is 27.3. The molecule has 1 aliphatic carbocycles. The summed E-state index contributed by atoms with van der Waals surface area (Å²) < 4.78 is 65.5. The van der Waals surface area contributed by atoms with E-state index in [0.29, 0.717) is 226 Å². The number of nitrogens with two attached hydrogens (primary N) is 2. The fourth-order valence-corrected chi connectivity index (χ4v) is 19.1. The van der Waals surface area contributed by atoms with Crippen LogP contribution < -0.4 is 26.6 Å². The number of nitrogens with zero attached hydrogens (tertiary/aromatic N) is 13. The number of aryl methyl sites for hydroxylation is 1. The number of hydrogen-bond donors (Lipinski definition) is 6. The first-order valence-electron chi connectivity index (χ1n) is 49.0. The van der Waals surface area contributed by atoms with Crippen LogP contribution in [0, 0.1) is 35.5 Å². The number of allylic oxidation sites excluding steroid dienone is 5. The zero-order chi connectivity index (χ0) is 99.4. The number of aromatic nitrogens is 9. The van der Waals surface area contributed by atoms with E-state index in [1.165, 1.54) is 36.3 Å². The maximum atomic E-state index is 14.8. The first-order chi connectivity index (χ1) is 67.0. The molecule has 5 aromatic heterocycles. The van der Waals surface area contributed by atoms with Gasteiger partial charge < -0.3 is 103 Å². The summed E-state index contributed by atoms with van der Waals surface area (Å²) in [6.07, 6.45) is 20.4. The van der Waals surface area contributed by atoms with E-state index in [1.807, 2.05) is 90.8 Å². The Morgan fingerprint density at radius 1 is 0.698 bits per heavy atom. The number of rotatable bonds is 30. The molecule has 10 heterocycles. The number of aliphatic hydroxyl groups is 3. The molecule has 4 fully saturated rings. The van der Waals surface area contributed by atoms with Gasteiger partial charge in [-0.1, -0.05) is 96.2 Å². The number of nitrogen functional groups attached to an aromatic ring is 2. The number of hydrogen-bond acceptors (Lipinski definition) is 33. The highest BCUT2D eigenvalue weighted by Gasteiger charge is 2.53. The van der Waals surface area contributed by atoms with Crippen LogP contribution in [-0.4, -0.2) is 292 Å². The van der Waals surface area contributed by atoms with Gasteiger partial charge in [0.1, 0.15) is 53.8 Å². The monoisotopic (exact) mass is 1930 g/mol. The summed E-state index contributed by atoms with van der Waals surface area (Å²) in [5, 5.41) is 44.0. The van der Waals surface area contributed by atoms with Gasteiger partial charge in [-0.05, 0) is 167 Å². The molecular weight excluding hydrogens is 1790 g/mol. The number of oxazole rings is 1. The van der Waals surface area contributed by atoms with E-state index in [4.69, 9.17) is 68.4 Å². The summed E-state index contributed by atoms with van der Waals surface area (Å²) in [6, 6.07) is 10.9. The van der Waals surface area contributed by atoms with E-state index in [-0.39, 0.29) is 73.1 Å². The molecule has 756 valence electrons. The molecule has 1 saturated carbocycles. The Morgan fingerprint density at radius 2 is 1.40 bits per heavy atom. The molecule has 37 heteroatoms. The predicted octanol–water partition coefficient (Wildman–Crippen LogP) is 10.0. The highest BCUT2D eigenvalue weighted by Crippen LogP contribution is 2.41. The largest absolute Gasteiger partial charge is 0.460 e. The van der Waals surface area contributed by atoms with Crippen molar-refractivity contribution in [1.29, 1.82) is 0 Å². The Hall–Kier alpha value is -11.0. The van der Waals surface area contributed by atoms with Crippen molar-refractivity contribution in [3.8, 4) is 11.3 Å². The van der Waals surface area contributed by atoms with Crippen LogP contribution in [0.4, 0.5) is 23.7 Å². The number of piperazine rings is 1. The van der Waals surface area contributed by atoms with Gasteiger partial charge in [0, 0.05) is 148 Å². The number of benzene rings is 2. The summed E-state index contributed by atoms with van der Waals surface area (Å²) in [5.41, 5.74) is 21.3. The number of Topliss-reactive ketones (excluding diaryl/α,β-unsaturated/α-hetero) is 2. The van der Waals surface area contributed by atoms with E-state index in [9.17, 15) is 48.9 Å². The minimum atomic E-state index is -2.46. The van der Waals surface area contributed by atoms with E-state index in [0.717, 1.165) is 47.3 Å². The van der Waals surface area contributed by atoms with Gasteiger partial charge in [0.2, 0.25) is 23.6 Å². The van der Waals surface area contributed by atoms with Gasteiger partial charge in [-0.2, -0.15) is 10.1 Å². The SMILES string of the molecule is CCCOCCOCCOCCOCCC(=O)N1CCc2cc(Cn3nc(-c4ccc5oc(N)nc5c4)c4c(N)ncnc43)ccc2C1.CNC(=O)c1cnc(N2CCN(c3ncc(CCC(=O)O[C@@H]4CC[C@@H](C[C@@H](C)[C@@H]5C[C@@H](O)[C@H](C)/C=C(\C)[C@@H](O)[C@@H](OC)C(=O)[C@H](C)C[C@H](C)/C=C/C=C/C=C(\C)[C@@H](OC)C[C@@H]6CC[C@@H](C)[C@@](O)(O6)C(=O)C(=O)N6CCCC[C@H]6C(=O)O5)C[C@H]4OC)cn3)CC2)nc1. The number of aliphatic hydroxyl groups excluding tert-OH is 2. The van der Waals surface area contributed by atoms with Crippen molar-refractivity contribution in [3.63, 3.8) is 0 Å². The maximum absolute atomic E-state index is 14.8. The third-order valence-electron chi connectivity index (χ3n) is 27.3. The highest BCUT2D eigenvalue weighted by atomic mass is 16.6. The number of piperidine rings is 1. The molecule has 16 atom stereocenters. The van der Waals surface area contributed by atoms with Gasteiger partial charge in [-0.25, -0.2) is 39.4 Å². The minimum absolute atomic E-state index is 0.00103. The first kappa shape index (κ1) is 107. The van der Waals surface area contributed by atoms with E-state index in [2.05, 4.69) is 70.2 Å². The van der Waals surface area contributed by atoms with Crippen molar-refractivity contribution in [1.82, 2.24) is 59.8 Å². The smallest absolute Gasteiger partial charge is 0.329 e. The van der Waals surface area contributed by atoms with Gasteiger partial charge >= 0.3 is 11.9 Å². The number of esters is 2. The van der Waals surface area contributed by atoms with Gasteiger partial charge in [-0.15, -0.1) is 0 Å². The molecule has 7 aromatic rings. The van der Waals surface area contributed by atoms with E-state index >= 15 is 0 Å². The molecule has 2 bridgehead atoms. The third kappa shape index (κ3) is 28.9. The van der Waals surface area contributed by atoms with Crippen molar-refractivity contribution >= 4 is 87.1 Å². The molecule has 139 heavy (non-hydrogen) atoms. The molecule has 13 rings (SSSR count). The Labute approximate surface area is 813 Å². The van der Waals surface area contributed by atoms with Gasteiger partial charge in [0.25, 0.3) is 23.6 Å². The quantitative estimate of drug-likeness (QED) is 0.0105. The standard InChI is InChI=1S/C68H100N8O15.C34H42N8O6/c1-41-17-13-12-14-18-42(2)55(86-9)35-51-23-20-47(7)68(85,91-51)62(81)64(83)76-26-16-15-19-52(76)65(84)90-56(36-53(77)43(3)32-46(6)60(80)61(88-11)59(79)45(5)31-41)44(4)33-48-21-24-54(57(34-48)87-10)89-58(78)25-22-49-37-70-66(71-38-49)74-27-29-75(30-28-74)67-72-39-50(40-73-67)63(82)69-8;1-2-10-44-12-14-46-16-17-47-15-13-45-11-8-29(43)41-9-7-24-18-23(3-4-26(24)21-41)20-42-33-30(32(35)37-22-38-33)31(40-42)25-5-6-28-27(19-25)39-34(36)48-28/h12-14,17-18,32,37-41,43-45,47-48,51-57,60-61,77,80,85H,15-16,19-31,33-36H2,1-11H3,(H,69,82);3-6,18-19,22H,2,7-17,20-21H2,1H3,(H2,36,39)(H2,35,37,38)/b14-12+,17-13+,42-18+,46-32+;/t41-,43-,44-,45-,47-,48+,51+,52+,53-,54-,55+,56+,57-,60-,61+,68-;/m1./s1. The maximum Gasteiger partial charge on any atom is 0.329 e. The minimum Gasteiger partial charge on any atom is -0.460 e. The lowest BCUT2D eigenvalue weighted by Crippen LogP contribution is -2.61. The van der Waals surface area contributed by atoms with Crippen molar-refractivity contribution in [3.05, 3.63) is 143 Å². The predicted molar refractivity (Wildman–Crippen MR) is 520 cm³/mol. The van der Waals surface area contributed by atoms with Crippen LogP contribution in [0.3, 0.4) is 0 Å². The molecular formula is C102H142N16O21. The molecule has 0 spiro atoms. The van der Waals surface area contributed by atoms with Crippen LogP contribution in [0.15, 0.2) is 120 Å². The number of anilines is 4. The van der Waals surface area contributed by atoms with Gasteiger partial charge in [0.15, 0.2) is 17.0 Å². The number of ether oxygens (including phenoxy) is 10. The van der Waals surface area contributed by atoms with Crippen molar-refractivity contribution < 1.29 is 101 Å². The van der Waals surface area contributed by atoms with Gasteiger partial charge in [0.05, 0.1) is 94.6 Å². The number of nitrogens with one attached hydrogen (secondary N) is 1. The van der Waals surface area contributed by atoms with Crippen LogP contribution in [-0.2, 0) is 102 Å². The Bertz CT molecular complexity index is 5350. The Kier molecular flexibility index (Phi) is 40.0. The average molecular weight is 1930 g/mol. The summed E-state index contributed by atoms with van der Waals surface area (Å²) in [5.74, 6) is -6.87. The van der Waals surface area contributed by atoms with Crippen LogP contribution in [0.2, 0.25) is 0 Å². The number of methoxy groups -OCH3 is 3. The molecule has 37 nitrogen and oxygen atoms in total. The summed E-state index contributed by atoms with van der Waals surface area (Å²) in [4.78, 5) is 134.